The summed E-state index contributed by atoms with van der Waals surface area (Å²) in [6.45, 7) is 1.94. The molecule has 0 saturated carbocycles. The molecular formula is C12H12BrFN6. The number of fused-ring (bicyclic) bond motifs is 1. The molecule has 20 heavy (non-hydrogen) atoms. The Hall–Kier alpha value is -1.96. The number of imidazole rings is 1. The number of hydrogen-bond donors (Lipinski definition) is 1. The van der Waals surface area contributed by atoms with Gasteiger partial charge in [-0.1, -0.05) is 0 Å². The van der Waals surface area contributed by atoms with E-state index in [2.05, 4.69) is 31.1 Å². The van der Waals surface area contributed by atoms with Gasteiger partial charge in [-0.3, -0.25) is 4.57 Å². The lowest BCUT2D eigenvalue weighted by Crippen LogP contribution is -2.14. The Balaban J connectivity index is 2.23. The molecular weight excluding hydrogens is 327 g/mol. The van der Waals surface area contributed by atoms with Crippen LogP contribution in [-0.4, -0.2) is 24.3 Å². The van der Waals surface area contributed by atoms with Crippen LogP contribution in [0.1, 0.15) is 18.8 Å². The van der Waals surface area contributed by atoms with Crippen molar-refractivity contribution in [3.05, 3.63) is 34.6 Å². The van der Waals surface area contributed by atoms with Crippen molar-refractivity contribution in [2.75, 3.05) is 5.73 Å². The molecule has 3 rings (SSSR count). The average molecular weight is 339 g/mol. The first-order valence-electron chi connectivity index (χ1n) is 5.95. The van der Waals surface area contributed by atoms with Gasteiger partial charge in [0, 0.05) is 13.1 Å². The average Bonchev–Trinajstić information content (AvgIpc) is 2.93. The summed E-state index contributed by atoms with van der Waals surface area (Å²) in [6, 6.07) is 2.86. The molecule has 104 valence electrons. The summed E-state index contributed by atoms with van der Waals surface area (Å²) in [5.41, 5.74) is 7.22. The van der Waals surface area contributed by atoms with Crippen molar-refractivity contribution in [1.82, 2.24) is 24.3 Å². The van der Waals surface area contributed by atoms with Crippen LogP contribution in [0.25, 0.3) is 11.0 Å². The van der Waals surface area contributed by atoms with Crippen molar-refractivity contribution in [3.63, 3.8) is 0 Å². The highest BCUT2D eigenvalue weighted by molar-refractivity contribution is 9.10. The molecule has 0 aliphatic heterocycles. The van der Waals surface area contributed by atoms with Crippen molar-refractivity contribution in [2.24, 2.45) is 7.05 Å². The second-order valence-electron chi connectivity index (χ2n) is 4.57. The van der Waals surface area contributed by atoms with Crippen molar-refractivity contribution in [1.29, 1.82) is 0 Å². The predicted molar refractivity (Wildman–Crippen MR) is 76.6 cm³/mol. The molecule has 0 amide bonds. The van der Waals surface area contributed by atoms with E-state index in [9.17, 15) is 4.39 Å². The normalized spacial score (nSPS) is 13.0. The summed E-state index contributed by atoms with van der Waals surface area (Å²) in [5, 5.41) is 7.95. The number of nitrogen functional groups attached to an aromatic ring is 1. The molecule has 3 aromatic rings. The first-order valence-corrected chi connectivity index (χ1v) is 6.74. The number of halogens is 2. The van der Waals surface area contributed by atoms with Gasteiger partial charge in [0.05, 0.1) is 21.5 Å². The summed E-state index contributed by atoms with van der Waals surface area (Å²) in [4.78, 5) is 4.20. The highest BCUT2D eigenvalue weighted by Crippen LogP contribution is 2.29. The number of aromatic nitrogens is 5. The summed E-state index contributed by atoms with van der Waals surface area (Å²) < 4.78 is 17.6. The Morgan fingerprint density at radius 2 is 2.15 bits per heavy atom. The predicted octanol–water partition coefficient (Wildman–Crippen LogP) is 2.26. The third kappa shape index (κ3) is 1.87. The molecule has 0 aliphatic carbocycles. The standard InChI is InChI=1S/C12H12BrFN6/c1-6(11-18-16-5-19(11)2)20-10-3-7(13)8(14)4-9(10)17-12(20)15/h3-6H,1-2H3,(H2,15,17). The number of benzene rings is 1. The maximum Gasteiger partial charge on any atom is 0.201 e. The summed E-state index contributed by atoms with van der Waals surface area (Å²) >= 11 is 3.18. The Bertz CT molecular complexity index is 793. The van der Waals surface area contributed by atoms with E-state index in [4.69, 9.17) is 5.73 Å². The smallest absolute Gasteiger partial charge is 0.201 e. The number of hydrogen-bond acceptors (Lipinski definition) is 4. The Morgan fingerprint density at radius 1 is 1.40 bits per heavy atom. The van der Waals surface area contributed by atoms with Gasteiger partial charge < -0.3 is 10.3 Å². The third-order valence-electron chi connectivity index (χ3n) is 3.27. The first-order chi connectivity index (χ1) is 9.49. The van der Waals surface area contributed by atoms with Crippen LogP contribution in [0, 0.1) is 5.82 Å². The van der Waals surface area contributed by atoms with Crippen LogP contribution < -0.4 is 5.73 Å². The number of anilines is 1. The second kappa shape index (κ2) is 4.55. The first kappa shape index (κ1) is 13.0. The van der Waals surface area contributed by atoms with Crippen LogP contribution in [0.2, 0.25) is 0 Å². The SMILES string of the molecule is CC(c1nncn1C)n1c(N)nc2cc(F)c(Br)cc21. The molecule has 0 spiro atoms. The Labute approximate surface area is 122 Å². The summed E-state index contributed by atoms with van der Waals surface area (Å²) in [5.74, 6) is 0.693. The fourth-order valence-electron chi connectivity index (χ4n) is 2.30. The lowest BCUT2D eigenvalue weighted by atomic mass is 10.2. The van der Waals surface area contributed by atoms with E-state index in [1.165, 1.54) is 6.07 Å². The van der Waals surface area contributed by atoms with Gasteiger partial charge in [0.1, 0.15) is 12.1 Å². The van der Waals surface area contributed by atoms with Gasteiger partial charge in [-0.05, 0) is 28.9 Å². The van der Waals surface area contributed by atoms with Crippen molar-refractivity contribution in [3.8, 4) is 0 Å². The Morgan fingerprint density at radius 3 is 2.80 bits per heavy atom. The number of nitrogens with two attached hydrogens (primary N) is 1. The minimum Gasteiger partial charge on any atom is -0.369 e. The molecule has 2 heterocycles. The van der Waals surface area contributed by atoms with E-state index in [0.29, 0.717) is 15.9 Å². The van der Waals surface area contributed by atoms with E-state index in [1.54, 1.807) is 12.4 Å². The molecule has 8 heteroatoms. The molecule has 0 fully saturated rings. The molecule has 0 saturated heterocycles. The molecule has 6 nitrogen and oxygen atoms in total. The zero-order valence-corrected chi connectivity index (χ0v) is 12.5. The van der Waals surface area contributed by atoms with Crippen LogP contribution in [0.5, 0.6) is 0 Å². The number of aryl methyl sites for hydroxylation is 1. The molecule has 0 radical (unpaired) electrons. The van der Waals surface area contributed by atoms with Gasteiger partial charge in [0.15, 0.2) is 5.82 Å². The lowest BCUT2D eigenvalue weighted by Gasteiger charge is -2.15. The molecule has 1 unspecified atom stereocenters. The van der Waals surface area contributed by atoms with E-state index in [-0.39, 0.29) is 11.9 Å². The van der Waals surface area contributed by atoms with Crippen LogP contribution >= 0.6 is 15.9 Å². The van der Waals surface area contributed by atoms with Gasteiger partial charge >= 0.3 is 0 Å². The second-order valence-corrected chi connectivity index (χ2v) is 5.43. The van der Waals surface area contributed by atoms with E-state index in [0.717, 1.165) is 11.3 Å². The topological polar surface area (TPSA) is 74.5 Å². The van der Waals surface area contributed by atoms with Crippen LogP contribution in [-0.2, 0) is 7.05 Å². The van der Waals surface area contributed by atoms with Crippen molar-refractivity contribution < 1.29 is 4.39 Å². The van der Waals surface area contributed by atoms with Crippen molar-refractivity contribution in [2.45, 2.75) is 13.0 Å². The maximum absolute atomic E-state index is 13.6. The Kier molecular flexibility index (Phi) is 2.97. The molecule has 0 bridgehead atoms. The molecule has 2 aromatic heterocycles. The van der Waals surface area contributed by atoms with Crippen molar-refractivity contribution >= 4 is 32.9 Å². The fourth-order valence-corrected chi connectivity index (χ4v) is 2.63. The van der Waals surface area contributed by atoms with Gasteiger partial charge in [0.2, 0.25) is 5.95 Å². The maximum atomic E-state index is 13.6. The van der Waals surface area contributed by atoms with E-state index < -0.39 is 0 Å². The van der Waals surface area contributed by atoms with E-state index >= 15 is 0 Å². The fraction of sp³-hybridized carbons (Fsp3) is 0.250. The third-order valence-corrected chi connectivity index (χ3v) is 3.87. The van der Waals surface area contributed by atoms with Gasteiger partial charge in [-0.25, -0.2) is 9.37 Å². The summed E-state index contributed by atoms with van der Waals surface area (Å²) in [6.07, 6.45) is 1.62. The lowest BCUT2D eigenvalue weighted by molar-refractivity contribution is 0.593. The van der Waals surface area contributed by atoms with Gasteiger partial charge in [0.25, 0.3) is 0 Å². The molecule has 2 N–H and O–H groups in total. The molecule has 0 aliphatic rings. The van der Waals surface area contributed by atoms with Crippen LogP contribution in [0.15, 0.2) is 22.9 Å². The minimum absolute atomic E-state index is 0.162. The van der Waals surface area contributed by atoms with Gasteiger partial charge in [-0.2, -0.15) is 0 Å². The number of nitrogens with zero attached hydrogens (tertiary/aromatic N) is 5. The zero-order valence-electron chi connectivity index (χ0n) is 10.9. The van der Waals surface area contributed by atoms with Crippen LogP contribution in [0.4, 0.5) is 10.3 Å². The highest BCUT2D eigenvalue weighted by Gasteiger charge is 2.20. The monoisotopic (exact) mass is 338 g/mol. The molecule has 1 aromatic carbocycles. The van der Waals surface area contributed by atoms with Crippen LogP contribution in [0.3, 0.4) is 0 Å². The number of rotatable bonds is 2. The van der Waals surface area contributed by atoms with Gasteiger partial charge in [-0.15, -0.1) is 10.2 Å². The minimum atomic E-state index is -0.367. The molecule has 1 atom stereocenters. The largest absolute Gasteiger partial charge is 0.369 e. The van der Waals surface area contributed by atoms with E-state index in [1.807, 2.05) is 23.1 Å². The quantitative estimate of drug-likeness (QED) is 0.777. The summed E-state index contributed by atoms with van der Waals surface area (Å²) in [7, 11) is 1.86. The highest BCUT2D eigenvalue weighted by atomic mass is 79.9. The zero-order chi connectivity index (χ0) is 14.4.